The number of nitrogens with one attached hydrogen (secondary N) is 1. The van der Waals surface area contributed by atoms with Crippen molar-refractivity contribution in [1.82, 2.24) is 10.2 Å². The number of carbonyl (C=O) groups excluding carboxylic acids is 2. The fourth-order valence-electron chi connectivity index (χ4n) is 2.26. The lowest BCUT2D eigenvalue weighted by atomic mass is 9.91. The van der Waals surface area contributed by atoms with Crippen molar-refractivity contribution in [3.8, 4) is 6.07 Å². The highest BCUT2D eigenvalue weighted by atomic mass is 16.2. The molecule has 1 N–H and O–H groups in total. The van der Waals surface area contributed by atoms with E-state index in [1.807, 2.05) is 37.3 Å². The molecule has 0 spiro atoms. The second-order valence-electron chi connectivity index (χ2n) is 5.37. The molecule has 0 aromatic heterocycles. The molecule has 0 aliphatic carbocycles. The minimum absolute atomic E-state index is 0.114. The minimum Gasteiger partial charge on any atom is -0.319 e. The largest absolute Gasteiger partial charge is 0.325 e. The first kappa shape index (κ1) is 14.1. The van der Waals surface area contributed by atoms with Gasteiger partial charge in [0.1, 0.15) is 5.54 Å². The Morgan fingerprint density at radius 2 is 1.95 bits per heavy atom. The molecule has 0 bridgehead atoms. The summed E-state index contributed by atoms with van der Waals surface area (Å²) in [5, 5.41) is 11.5. The minimum atomic E-state index is -1.06. The van der Waals surface area contributed by atoms with Crippen molar-refractivity contribution < 1.29 is 9.59 Å². The van der Waals surface area contributed by atoms with E-state index >= 15 is 0 Å². The van der Waals surface area contributed by atoms with Crippen LogP contribution in [-0.4, -0.2) is 23.4 Å². The van der Waals surface area contributed by atoms with Gasteiger partial charge in [-0.25, -0.2) is 4.79 Å². The van der Waals surface area contributed by atoms with E-state index in [0.29, 0.717) is 0 Å². The van der Waals surface area contributed by atoms with Crippen LogP contribution in [0.5, 0.6) is 0 Å². The van der Waals surface area contributed by atoms with Crippen LogP contribution in [-0.2, 0) is 10.3 Å². The molecule has 20 heavy (non-hydrogen) atoms. The van der Waals surface area contributed by atoms with Gasteiger partial charge in [0, 0.05) is 6.54 Å². The van der Waals surface area contributed by atoms with E-state index in [-0.39, 0.29) is 18.4 Å². The van der Waals surface area contributed by atoms with Crippen molar-refractivity contribution in [3.63, 3.8) is 0 Å². The number of imide groups is 1. The molecule has 1 aliphatic heterocycles. The predicted molar refractivity (Wildman–Crippen MR) is 73.6 cm³/mol. The molecule has 1 fully saturated rings. The molecule has 1 heterocycles. The van der Waals surface area contributed by atoms with Gasteiger partial charge in [-0.1, -0.05) is 29.8 Å². The van der Waals surface area contributed by atoms with Crippen LogP contribution >= 0.6 is 0 Å². The highest BCUT2D eigenvalue weighted by molar-refractivity contribution is 6.07. The van der Waals surface area contributed by atoms with E-state index in [9.17, 15) is 9.59 Å². The second kappa shape index (κ2) is 4.97. The van der Waals surface area contributed by atoms with Crippen molar-refractivity contribution in [2.24, 2.45) is 5.92 Å². The smallest absolute Gasteiger partial charge is 0.319 e. The topological polar surface area (TPSA) is 73.2 Å². The zero-order valence-electron chi connectivity index (χ0n) is 11.8. The first-order chi connectivity index (χ1) is 9.38. The summed E-state index contributed by atoms with van der Waals surface area (Å²) in [5.74, 6) is -0.696. The van der Waals surface area contributed by atoms with E-state index < -0.39 is 11.6 Å². The van der Waals surface area contributed by atoms with E-state index in [1.54, 1.807) is 13.8 Å². The van der Waals surface area contributed by atoms with Gasteiger partial charge in [-0.2, -0.15) is 5.26 Å². The summed E-state index contributed by atoms with van der Waals surface area (Å²) in [4.78, 5) is 25.6. The fourth-order valence-corrected chi connectivity index (χ4v) is 2.26. The molecule has 1 aromatic rings. The summed E-state index contributed by atoms with van der Waals surface area (Å²) < 4.78 is 0. The summed E-state index contributed by atoms with van der Waals surface area (Å²) in [7, 11) is 0. The third-order valence-electron chi connectivity index (χ3n) is 3.58. The molecule has 5 heteroatoms. The number of nitriles is 1. The normalized spacial score (nSPS) is 23.4. The number of rotatable bonds is 3. The number of nitrogens with zero attached hydrogens (tertiary/aromatic N) is 2. The maximum absolute atomic E-state index is 12.5. The molecular weight excluding hydrogens is 254 g/mol. The molecule has 2 atom stereocenters. The lowest BCUT2D eigenvalue weighted by molar-refractivity contribution is -0.131. The van der Waals surface area contributed by atoms with Crippen LogP contribution in [0.15, 0.2) is 24.3 Å². The molecule has 1 saturated heterocycles. The first-order valence-corrected chi connectivity index (χ1v) is 6.49. The third-order valence-corrected chi connectivity index (χ3v) is 3.58. The highest BCUT2D eigenvalue weighted by Crippen LogP contribution is 2.29. The number of hydrogen-bond acceptors (Lipinski definition) is 3. The maximum atomic E-state index is 12.5. The zero-order valence-corrected chi connectivity index (χ0v) is 11.8. The SMILES string of the molecule is Cc1ccc([C@]2(C)NC(=O)N(C[C@@H](C)C#N)C2=O)cc1. The van der Waals surface area contributed by atoms with Crippen LogP contribution in [0, 0.1) is 24.2 Å². The number of amides is 3. The Bertz CT molecular complexity index is 588. The predicted octanol–water partition coefficient (Wildman–Crippen LogP) is 1.92. The van der Waals surface area contributed by atoms with Crippen molar-refractivity contribution in [3.05, 3.63) is 35.4 Å². The second-order valence-corrected chi connectivity index (χ2v) is 5.37. The summed E-state index contributed by atoms with van der Waals surface area (Å²) in [6.07, 6.45) is 0. The molecule has 5 nitrogen and oxygen atoms in total. The van der Waals surface area contributed by atoms with Gasteiger partial charge in [0.2, 0.25) is 0 Å². The monoisotopic (exact) mass is 271 g/mol. The van der Waals surface area contributed by atoms with Gasteiger partial charge in [-0.05, 0) is 26.3 Å². The average Bonchev–Trinajstić information content (AvgIpc) is 2.64. The van der Waals surface area contributed by atoms with Gasteiger partial charge < -0.3 is 5.32 Å². The van der Waals surface area contributed by atoms with Crippen LogP contribution in [0.2, 0.25) is 0 Å². The van der Waals surface area contributed by atoms with E-state index in [0.717, 1.165) is 16.0 Å². The maximum Gasteiger partial charge on any atom is 0.325 e. The van der Waals surface area contributed by atoms with Crippen LogP contribution in [0.25, 0.3) is 0 Å². The number of urea groups is 1. The zero-order chi connectivity index (χ0) is 14.9. The number of aryl methyl sites for hydroxylation is 1. The molecule has 2 rings (SSSR count). The van der Waals surface area contributed by atoms with Crippen LogP contribution < -0.4 is 5.32 Å². The number of benzene rings is 1. The Kier molecular flexibility index (Phi) is 3.49. The average molecular weight is 271 g/mol. The fraction of sp³-hybridized carbons (Fsp3) is 0.400. The van der Waals surface area contributed by atoms with Crippen molar-refractivity contribution >= 4 is 11.9 Å². The molecule has 0 saturated carbocycles. The van der Waals surface area contributed by atoms with Gasteiger partial charge in [0.05, 0.1) is 12.0 Å². The third kappa shape index (κ3) is 2.25. The Morgan fingerprint density at radius 3 is 2.50 bits per heavy atom. The highest BCUT2D eigenvalue weighted by Gasteiger charge is 2.49. The molecular formula is C15H17N3O2. The van der Waals surface area contributed by atoms with Gasteiger partial charge in [-0.15, -0.1) is 0 Å². The van der Waals surface area contributed by atoms with Crippen LogP contribution in [0.1, 0.15) is 25.0 Å². The molecule has 1 aromatic carbocycles. The van der Waals surface area contributed by atoms with Crippen molar-refractivity contribution in [2.75, 3.05) is 6.54 Å². The Labute approximate surface area is 118 Å². The van der Waals surface area contributed by atoms with Crippen molar-refractivity contribution in [1.29, 1.82) is 5.26 Å². The lowest BCUT2D eigenvalue weighted by Gasteiger charge is -2.22. The summed E-state index contributed by atoms with van der Waals surface area (Å²) in [5.41, 5.74) is 0.776. The molecule has 0 unspecified atom stereocenters. The quantitative estimate of drug-likeness (QED) is 0.854. The first-order valence-electron chi connectivity index (χ1n) is 6.49. The van der Waals surface area contributed by atoms with Crippen molar-refractivity contribution in [2.45, 2.75) is 26.3 Å². The Morgan fingerprint density at radius 1 is 1.35 bits per heavy atom. The van der Waals surface area contributed by atoms with E-state index in [2.05, 4.69) is 5.32 Å². The van der Waals surface area contributed by atoms with Gasteiger partial charge in [0.25, 0.3) is 5.91 Å². The van der Waals surface area contributed by atoms with Gasteiger partial charge in [0.15, 0.2) is 0 Å². The Balaban J connectivity index is 2.31. The molecule has 0 radical (unpaired) electrons. The number of hydrogen-bond donors (Lipinski definition) is 1. The molecule has 3 amide bonds. The summed E-state index contributed by atoms with van der Waals surface area (Å²) in [6, 6.07) is 9.07. The summed E-state index contributed by atoms with van der Waals surface area (Å²) in [6.45, 7) is 5.45. The van der Waals surface area contributed by atoms with Crippen LogP contribution in [0.4, 0.5) is 4.79 Å². The van der Waals surface area contributed by atoms with Crippen LogP contribution in [0.3, 0.4) is 0 Å². The Hall–Kier alpha value is -2.35. The van der Waals surface area contributed by atoms with Gasteiger partial charge >= 0.3 is 6.03 Å². The molecule has 104 valence electrons. The van der Waals surface area contributed by atoms with E-state index in [1.165, 1.54) is 0 Å². The standard InChI is InChI=1S/C15H17N3O2/c1-10-4-6-12(7-5-10)15(3)13(19)18(14(20)17-15)9-11(2)8-16/h4-7,11H,9H2,1-3H3,(H,17,20)/t11-,15-/m0/s1. The lowest BCUT2D eigenvalue weighted by Crippen LogP contribution is -2.41. The summed E-state index contributed by atoms with van der Waals surface area (Å²) >= 11 is 0. The number of carbonyl (C=O) groups is 2. The van der Waals surface area contributed by atoms with Gasteiger partial charge in [-0.3, -0.25) is 9.69 Å². The van der Waals surface area contributed by atoms with E-state index in [4.69, 9.17) is 5.26 Å². The molecule has 1 aliphatic rings.